The number of nitrogens with one attached hydrogen (secondary N) is 1. The van der Waals surface area contributed by atoms with Crippen LogP contribution in [0.1, 0.15) is 24.9 Å². The van der Waals surface area contributed by atoms with Gasteiger partial charge in [0.05, 0.1) is 5.69 Å². The number of hydrogen-bond acceptors (Lipinski definition) is 4. The average Bonchev–Trinajstić information content (AvgIpc) is 2.39. The third-order valence-electron chi connectivity index (χ3n) is 2.71. The first-order valence-corrected chi connectivity index (χ1v) is 6.21. The first-order valence-electron chi connectivity index (χ1n) is 6.21. The first-order chi connectivity index (χ1) is 8.72. The number of anilines is 1. The van der Waals surface area contributed by atoms with Gasteiger partial charge in [-0.05, 0) is 25.5 Å². The van der Waals surface area contributed by atoms with E-state index in [4.69, 9.17) is 0 Å². The Bertz CT molecular complexity index is 520. The van der Waals surface area contributed by atoms with Crippen molar-refractivity contribution in [2.45, 2.75) is 26.7 Å². The van der Waals surface area contributed by atoms with Crippen molar-refractivity contribution in [3.8, 4) is 11.3 Å². The lowest BCUT2D eigenvalue weighted by Crippen LogP contribution is -2.01. The van der Waals surface area contributed by atoms with E-state index in [1.54, 1.807) is 0 Å². The number of rotatable bonds is 4. The fourth-order valence-electron chi connectivity index (χ4n) is 1.73. The quantitative estimate of drug-likeness (QED) is 0.895. The van der Waals surface area contributed by atoms with Gasteiger partial charge in [-0.2, -0.15) is 0 Å². The van der Waals surface area contributed by atoms with Gasteiger partial charge in [-0.25, -0.2) is 9.97 Å². The second-order valence-electron chi connectivity index (χ2n) is 4.24. The van der Waals surface area contributed by atoms with Gasteiger partial charge in [0.25, 0.3) is 0 Å². The Kier molecular flexibility index (Phi) is 3.87. The molecule has 2 aromatic heterocycles. The molecule has 0 amide bonds. The van der Waals surface area contributed by atoms with Crippen LogP contribution in [-0.4, -0.2) is 22.0 Å². The highest BCUT2D eigenvalue weighted by Crippen LogP contribution is 2.19. The third kappa shape index (κ3) is 2.83. The summed E-state index contributed by atoms with van der Waals surface area (Å²) in [6.07, 6.45) is 3.79. The average molecular weight is 242 g/mol. The molecule has 0 radical (unpaired) electrons. The molecule has 0 atom stereocenters. The maximum Gasteiger partial charge on any atom is 0.131 e. The predicted octanol–water partition coefficient (Wildman–Crippen LogP) is 2.84. The Morgan fingerprint density at radius 2 is 2.06 bits per heavy atom. The predicted molar refractivity (Wildman–Crippen MR) is 73.5 cm³/mol. The van der Waals surface area contributed by atoms with E-state index in [0.717, 1.165) is 41.4 Å². The molecule has 0 aromatic carbocycles. The summed E-state index contributed by atoms with van der Waals surface area (Å²) < 4.78 is 0. The van der Waals surface area contributed by atoms with Crippen LogP contribution in [0, 0.1) is 6.92 Å². The normalized spacial score (nSPS) is 10.4. The van der Waals surface area contributed by atoms with Crippen LogP contribution in [-0.2, 0) is 6.42 Å². The van der Waals surface area contributed by atoms with Gasteiger partial charge in [0, 0.05) is 37.0 Å². The lowest BCUT2D eigenvalue weighted by atomic mass is 10.2. The Morgan fingerprint density at radius 1 is 1.22 bits per heavy atom. The second-order valence-corrected chi connectivity index (χ2v) is 4.24. The van der Waals surface area contributed by atoms with Gasteiger partial charge in [0.15, 0.2) is 0 Å². The number of aromatic nitrogens is 3. The minimum absolute atomic E-state index is 0.851. The van der Waals surface area contributed by atoms with Gasteiger partial charge in [0.2, 0.25) is 0 Å². The molecule has 94 valence electrons. The molecule has 1 N–H and O–H groups in total. The van der Waals surface area contributed by atoms with Crippen LogP contribution in [0.3, 0.4) is 0 Å². The van der Waals surface area contributed by atoms with Crippen molar-refractivity contribution in [2.24, 2.45) is 0 Å². The van der Waals surface area contributed by atoms with E-state index in [1.807, 2.05) is 38.4 Å². The van der Waals surface area contributed by atoms with Crippen LogP contribution in [0.15, 0.2) is 24.4 Å². The summed E-state index contributed by atoms with van der Waals surface area (Å²) in [5.41, 5.74) is 2.96. The van der Waals surface area contributed by atoms with Crippen molar-refractivity contribution in [1.82, 2.24) is 15.0 Å². The summed E-state index contributed by atoms with van der Waals surface area (Å²) in [4.78, 5) is 13.3. The summed E-state index contributed by atoms with van der Waals surface area (Å²) in [6, 6.07) is 5.99. The minimum atomic E-state index is 0.851. The van der Waals surface area contributed by atoms with Crippen molar-refractivity contribution in [3.05, 3.63) is 35.9 Å². The molecule has 2 rings (SSSR count). The smallest absolute Gasteiger partial charge is 0.131 e. The molecule has 0 aliphatic heterocycles. The van der Waals surface area contributed by atoms with Crippen molar-refractivity contribution < 1.29 is 0 Å². The molecule has 0 bridgehead atoms. The van der Waals surface area contributed by atoms with Gasteiger partial charge in [-0.1, -0.05) is 6.92 Å². The summed E-state index contributed by atoms with van der Waals surface area (Å²) >= 11 is 0. The molecule has 18 heavy (non-hydrogen) atoms. The Hall–Kier alpha value is -1.97. The van der Waals surface area contributed by atoms with Crippen LogP contribution in [0.4, 0.5) is 5.82 Å². The molecule has 2 heterocycles. The molecule has 4 nitrogen and oxygen atoms in total. The Morgan fingerprint density at radius 3 is 2.67 bits per heavy atom. The van der Waals surface area contributed by atoms with Crippen LogP contribution < -0.4 is 5.32 Å². The molecule has 4 heteroatoms. The standard InChI is InChI=1S/C14H18N4/c1-4-5-13-17-12(8-14(15-3)18-13)11-7-6-10(2)16-9-11/h6-9H,4-5H2,1-3H3,(H,15,17,18). The van der Waals surface area contributed by atoms with Crippen molar-refractivity contribution in [1.29, 1.82) is 0 Å². The van der Waals surface area contributed by atoms with Gasteiger partial charge in [-0.15, -0.1) is 0 Å². The van der Waals surface area contributed by atoms with E-state index in [2.05, 4.69) is 27.2 Å². The Balaban J connectivity index is 2.42. The van der Waals surface area contributed by atoms with Crippen molar-refractivity contribution >= 4 is 5.82 Å². The zero-order valence-corrected chi connectivity index (χ0v) is 11.1. The highest BCUT2D eigenvalue weighted by Gasteiger charge is 2.05. The largest absolute Gasteiger partial charge is 0.373 e. The molecule has 0 aliphatic rings. The maximum atomic E-state index is 4.58. The summed E-state index contributed by atoms with van der Waals surface area (Å²) in [5.74, 6) is 1.73. The molecular weight excluding hydrogens is 224 g/mol. The zero-order chi connectivity index (χ0) is 13.0. The van der Waals surface area contributed by atoms with Gasteiger partial charge >= 0.3 is 0 Å². The molecule has 0 saturated carbocycles. The topological polar surface area (TPSA) is 50.7 Å². The first kappa shape index (κ1) is 12.5. The number of aryl methyl sites for hydroxylation is 2. The number of nitrogens with zero attached hydrogens (tertiary/aromatic N) is 3. The van der Waals surface area contributed by atoms with Gasteiger partial charge in [-0.3, -0.25) is 4.98 Å². The lowest BCUT2D eigenvalue weighted by molar-refractivity contribution is 0.838. The fourth-order valence-corrected chi connectivity index (χ4v) is 1.73. The van der Waals surface area contributed by atoms with Gasteiger partial charge in [0.1, 0.15) is 11.6 Å². The summed E-state index contributed by atoms with van der Waals surface area (Å²) in [7, 11) is 1.87. The fraction of sp³-hybridized carbons (Fsp3) is 0.357. The molecular formula is C14H18N4. The molecule has 0 fully saturated rings. The van der Waals surface area contributed by atoms with Crippen LogP contribution in [0.2, 0.25) is 0 Å². The van der Waals surface area contributed by atoms with E-state index in [9.17, 15) is 0 Å². The lowest BCUT2D eigenvalue weighted by Gasteiger charge is -2.07. The van der Waals surface area contributed by atoms with E-state index < -0.39 is 0 Å². The van der Waals surface area contributed by atoms with Crippen LogP contribution in [0.25, 0.3) is 11.3 Å². The second kappa shape index (κ2) is 5.58. The molecule has 2 aromatic rings. The van der Waals surface area contributed by atoms with E-state index in [0.29, 0.717) is 0 Å². The van der Waals surface area contributed by atoms with Crippen molar-refractivity contribution in [3.63, 3.8) is 0 Å². The Labute approximate surface area is 108 Å². The van der Waals surface area contributed by atoms with E-state index in [1.165, 1.54) is 0 Å². The summed E-state index contributed by atoms with van der Waals surface area (Å²) in [5, 5.41) is 3.08. The SMILES string of the molecule is CCCc1nc(NC)cc(-c2ccc(C)nc2)n1. The van der Waals surface area contributed by atoms with E-state index >= 15 is 0 Å². The number of pyridine rings is 1. The summed E-state index contributed by atoms with van der Waals surface area (Å²) in [6.45, 7) is 4.10. The van der Waals surface area contributed by atoms with Crippen LogP contribution >= 0.6 is 0 Å². The number of hydrogen-bond donors (Lipinski definition) is 1. The molecule has 0 spiro atoms. The minimum Gasteiger partial charge on any atom is -0.373 e. The molecule has 0 aliphatic carbocycles. The molecule has 0 unspecified atom stereocenters. The monoisotopic (exact) mass is 242 g/mol. The molecule has 0 saturated heterocycles. The highest BCUT2D eigenvalue weighted by atomic mass is 15.0. The van der Waals surface area contributed by atoms with Crippen LogP contribution in [0.5, 0.6) is 0 Å². The zero-order valence-electron chi connectivity index (χ0n) is 11.1. The maximum absolute atomic E-state index is 4.58. The van der Waals surface area contributed by atoms with Crippen molar-refractivity contribution in [2.75, 3.05) is 12.4 Å². The highest BCUT2D eigenvalue weighted by molar-refractivity contribution is 5.61. The third-order valence-corrected chi connectivity index (χ3v) is 2.71. The van der Waals surface area contributed by atoms with Gasteiger partial charge < -0.3 is 5.32 Å². The van der Waals surface area contributed by atoms with E-state index in [-0.39, 0.29) is 0 Å².